The maximum atomic E-state index is 13.8. The first-order chi connectivity index (χ1) is 10.9. The molecule has 1 fully saturated rings. The van der Waals surface area contributed by atoms with Gasteiger partial charge in [0.25, 0.3) is 0 Å². The van der Waals surface area contributed by atoms with Crippen molar-refractivity contribution >= 4 is 9.84 Å². The summed E-state index contributed by atoms with van der Waals surface area (Å²) in [5.74, 6) is -0.129. The number of nitrogens with one attached hydrogen (secondary N) is 1. The lowest BCUT2D eigenvalue weighted by Gasteiger charge is -2.32. The Kier molecular flexibility index (Phi) is 4.50. The van der Waals surface area contributed by atoms with Crippen LogP contribution in [0.4, 0.5) is 4.39 Å². The minimum Gasteiger partial charge on any atom is -0.298 e. The highest BCUT2D eigenvalue weighted by Gasteiger charge is 2.27. The smallest absolute Gasteiger partial charge is 0.178 e. The summed E-state index contributed by atoms with van der Waals surface area (Å²) in [4.78, 5) is 2.44. The third-order valence-electron chi connectivity index (χ3n) is 4.30. The Hall–Kier alpha value is -1.73. The van der Waals surface area contributed by atoms with E-state index in [0.717, 1.165) is 19.4 Å². The van der Waals surface area contributed by atoms with Gasteiger partial charge in [-0.25, -0.2) is 12.8 Å². The SMILES string of the molecule is CS(=O)(=O)c1cn[nH]c1C1CCCN(Cc2ccccc2F)C1. The molecule has 1 atom stereocenters. The minimum absolute atomic E-state index is 0.0720. The molecule has 1 N–H and O–H groups in total. The quantitative estimate of drug-likeness (QED) is 0.930. The third-order valence-corrected chi connectivity index (χ3v) is 5.42. The molecule has 0 bridgehead atoms. The van der Waals surface area contributed by atoms with Crippen LogP contribution in [0.15, 0.2) is 35.4 Å². The van der Waals surface area contributed by atoms with Gasteiger partial charge in [0, 0.05) is 30.8 Å². The van der Waals surface area contributed by atoms with Crippen molar-refractivity contribution in [1.82, 2.24) is 15.1 Å². The maximum absolute atomic E-state index is 13.8. The Morgan fingerprint density at radius 1 is 1.39 bits per heavy atom. The number of benzene rings is 1. The Bertz CT molecular complexity index is 788. The summed E-state index contributed by atoms with van der Waals surface area (Å²) < 4.78 is 37.5. The summed E-state index contributed by atoms with van der Waals surface area (Å²) in [7, 11) is -3.29. The lowest BCUT2D eigenvalue weighted by Crippen LogP contribution is -2.34. The summed E-state index contributed by atoms with van der Waals surface area (Å²) in [6.07, 6.45) is 4.42. The second kappa shape index (κ2) is 6.41. The Balaban J connectivity index is 1.77. The van der Waals surface area contributed by atoms with Crippen molar-refractivity contribution in [2.45, 2.75) is 30.2 Å². The molecule has 0 spiro atoms. The second-order valence-electron chi connectivity index (χ2n) is 6.09. The molecule has 1 aromatic carbocycles. The molecule has 5 nitrogen and oxygen atoms in total. The molecule has 2 aromatic rings. The van der Waals surface area contributed by atoms with Crippen molar-refractivity contribution in [3.63, 3.8) is 0 Å². The minimum atomic E-state index is -3.29. The van der Waals surface area contributed by atoms with E-state index in [0.29, 0.717) is 24.3 Å². The summed E-state index contributed by atoms with van der Waals surface area (Å²) in [5, 5.41) is 6.75. The number of aromatic nitrogens is 2. The predicted octanol–water partition coefficient (Wildman–Crippen LogP) is 2.33. The normalized spacial score (nSPS) is 19.8. The van der Waals surface area contributed by atoms with Crippen LogP contribution in [0, 0.1) is 5.82 Å². The van der Waals surface area contributed by atoms with Gasteiger partial charge in [-0.15, -0.1) is 0 Å². The van der Waals surface area contributed by atoms with Gasteiger partial charge in [-0.05, 0) is 25.5 Å². The van der Waals surface area contributed by atoms with Crippen LogP contribution in [0.2, 0.25) is 0 Å². The van der Waals surface area contributed by atoms with Crippen molar-refractivity contribution in [2.75, 3.05) is 19.3 Å². The number of likely N-dealkylation sites (tertiary alicyclic amines) is 1. The Morgan fingerprint density at radius 3 is 2.91 bits per heavy atom. The molecule has 1 saturated heterocycles. The lowest BCUT2D eigenvalue weighted by molar-refractivity contribution is 0.195. The fourth-order valence-electron chi connectivity index (χ4n) is 3.18. The van der Waals surface area contributed by atoms with E-state index in [2.05, 4.69) is 15.1 Å². The first-order valence-corrected chi connectivity index (χ1v) is 9.53. The highest BCUT2D eigenvalue weighted by molar-refractivity contribution is 7.90. The summed E-state index contributed by atoms with van der Waals surface area (Å²) >= 11 is 0. The zero-order chi connectivity index (χ0) is 16.4. The van der Waals surface area contributed by atoms with E-state index in [1.807, 2.05) is 6.07 Å². The zero-order valence-electron chi connectivity index (χ0n) is 13.0. The first-order valence-electron chi connectivity index (χ1n) is 7.64. The molecule has 0 aliphatic carbocycles. The molecular weight excluding hydrogens is 317 g/mol. The molecule has 1 unspecified atom stereocenters. The number of sulfone groups is 1. The van der Waals surface area contributed by atoms with Crippen molar-refractivity contribution in [3.05, 3.63) is 47.5 Å². The van der Waals surface area contributed by atoms with Gasteiger partial charge < -0.3 is 0 Å². The van der Waals surface area contributed by atoms with E-state index < -0.39 is 9.84 Å². The standard InChI is InChI=1S/C16H20FN3O2S/c1-23(21,22)15-9-18-19-16(15)13-6-4-8-20(11-13)10-12-5-2-3-7-14(12)17/h2-3,5,7,9,13H,4,6,8,10-11H2,1H3,(H,18,19). The number of halogens is 1. The van der Waals surface area contributed by atoms with Crippen LogP contribution in [0.3, 0.4) is 0 Å². The van der Waals surface area contributed by atoms with E-state index in [1.54, 1.807) is 12.1 Å². The number of aromatic amines is 1. The average molecular weight is 337 g/mol. The van der Waals surface area contributed by atoms with Crippen LogP contribution in [0.1, 0.15) is 30.0 Å². The maximum Gasteiger partial charge on any atom is 0.178 e. The van der Waals surface area contributed by atoms with E-state index in [4.69, 9.17) is 0 Å². The van der Waals surface area contributed by atoms with Crippen LogP contribution in [-0.2, 0) is 16.4 Å². The van der Waals surface area contributed by atoms with Gasteiger partial charge in [0.15, 0.2) is 9.84 Å². The van der Waals surface area contributed by atoms with Crippen molar-refractivity contribution < 1.29 is 12.8 Å². The van der Waals surface area contributed by atoms with Crippen LogP contribution < -0.4 is 0 Å². The van der Waals surface area contributed by atoms with E-state index in [1.165, 1.54) is 18.5 Å². The number of piperidine rings is 1. The monoisotopic (exact) mass is 337 g/mol. The van der Waals surface area contributed by atoms with Crippen molar-refractivity contribution in [3.8, 4) is 0 Å². The zero-order valence-corrected chi connectivity index (χ0v) is 13.8. The molecule has 124 valence electrons. The molecule has 7 heteroatoms. The molecule has 0 radical (unpaired) electrons. The van der Waals surface area contributed by atoms with Gasteiger partial charge >= 0.3 is 0 Å². The molecule has 2 heterocycles. The number of H-pyrrole nitrogens is 1. The van der Waals surface area contributed by atoms with E-state index in [9.17, 15) is 12.8 Å². The second-order valence-corrected chi connectivity index (χ2v) is 8.07. The number of nitrogens with zero attached hydrogens (tertiary/aromatic N) is 2. The van der Waals surface area contributed by atoms with Gasteiger partial charge in [0.2, 0.25) is 0 Å². The number of rotatable bonds is 4. The first kappa shape index (κ1) is 16.1. The molecule has 3 rings (SSSR count). The van der Waals surface area contributed by atoms with Gasteiger partial charge in [-0.3, -0.25) is 10.00 Å². The van der Waals surface area contributed by atoms with Crippen molar-refractivity contribution in [2.24, 2.45) is 0 Å². The predicted molar refractivity (Wildman–Crippen MR) is 85.3 cm³/mol. The Morgan fingerprint density at radius 2 is 2.17 bits per heavy atom. The molecule has 23 heavy (non-hydrogen) atoms. The van der Waals surface area contributed by atoms with Crippen LogP contribution >= 0.6 is 0 Å². The molecule has 1 aliphatic heterocycles. The van der Waals surface area contributed by atoms with Gasteiger partial charge in [0.1, 0.15) is 10.7 Å². The van der Waals surface area contributed by atoms with E-state index >= 15 is 0 Å². The lowest BCUT2D eigenvalue weighted by atomic mass is 9.94. The average Bonchev–Trinajstić information content (AvgIpc) is 3.00. The van der Waals surface area contributed by atoms with Gasteiger partial charge in [-0.2, -0.15) is 5.10 Å². The van der Waals surface area contributed by atoms with Crippen LogP contribution in [-0.4, -0.2) is 42.9 Å². The highest BCUT2D eigenvalue weighted by Crippen LogP contribution is 2.30. The summed E-state index contributed by atoms with van der Waals surface area (Å²) in [6.45, 7) is 2.11. The molecular formula is C16H20FN3O2S. The Labute approximate surface area is 135 Å². The van der Waals surface area contributed by atoms with Crippen LogP contribution in [0.25, 0.3) is 0 Å². The van der Waals surface area contributed by atoms with Crippen molar-refractivity contribution in [1.29, 1.82) is 0 Å². The number of hydrogen-bond acceptors (Lipinski definition) is 4. The largest absolute Gasteiger partial charge is 0.298 e. The van der Waals surface area contributed by atoms with E-state index in [-0.39, 0.29) is 16.6 Å². The number of hydrogen-bond donors (Lipinski definition) is 1. The van der Waals surface area contributed by atoms with Crippen LogP contribution in [0.5, 0.6) is 0 Å². The summed E-state index contributed by atoms with van der Waals surface area (Å²) in [6, 6.07) is 6.77. The topological polar surface area (TPSA) is 66.1 Å². The molecule has 1 aliphatic rings. The van der Waals surface area contributed by atoms with Gasteiger partial charge in [0.05, 0.1) is 11.9 Å². The molecule has 1 aromatic heterocycles. The van der Waals surface area contributed by atoms with Gasteiger partial charge in [-0.1, -0.05) is 18.2 Å². The third kappa shape index (κ3) is 3.61. The fourth-order valence-corrected chi connectivity index (χ4v) is 4.03. The summed E-state index contributed by atoms with van der Waals surface area (Å²) in [5.41, 5.74) is 1.34. The molecule has 0 amide bonds. The highest BCUT2D eigenvalue weighted by atomic mass is 32.2. The molecule has 0 saturated carbocycles. The fraction of sp³-hybridized carbons (Fsp3) is 0.438.